The van der Waals surface area contributed by atoms with Crippen LogP contribution in [0, 0.1) is 10.1 Å². The van der Waals surface area contributed by atoms with Crippen molar-refractivity contribution in [3.8, 4) is 5.75 Å². The Morgan fingerprint density at radius 3 is 2.45 bits per heavy atom. The van der Waals surface area contributed by atoms with E-state index in [1.807, 2.05) is 4.90 Å². The van der Waals surface area contributed by atoms with Crippen molar-refractivity contribution in [3.05, 3.63) is 86.9 Å². The van der Waals surface area contributed by atoms with E-state index in [0.717, 1.165) is 25.9 Å². The Labute approximate surface area is 229 Å². The third kappa shape index (κ3) is 6.18. The summed E-state index contributed by atoms with van der Waals surface area (Å²) in [6.07, 6.45) is 1.94. The highest BCUT2D eigenvalue weighted by atomic mass is 35.5. The first-order valence-corrected chi connectivity index (χ1v) is 12.4. The Kier molecular flexibility index (Phi) is 8.39. The maximum atomic E-state index is 12.8. The summed E-state index contributed by atoms with van der Waals surface area (Å²) >= 11 is 11.4. The highest BCUT2D eigenvalue weighted by Gasteiger charge is 2.24. The van der Waals surface area contributed by atoms with E-state index in [1.165, 1.54) is 19.2 Å². The summed E-state index contributed by atoms with van der Waals surface area (Å²) in [6.45, 7) is 1.48. The lowest BCUT2D eigenvalue weighted by Gasteiger charge is -2.18. The molecule has 0 radical (unpaired) electrons. The second-order valence-electron chi connectivity index (χ2n) is 8.41. The van der Waals surface area contributed by atoms with Crippen molar-refractivity contribution >= 4 is 63.5 Å². The fraction of sp³-hybridized carbons (Fsp3) is 0.192. The largest absolute Gasteiger partial charge is 0.494 e. The lowest BCUT2D eigenvalue weighted by atomic mass is 10.1. The molecule has 1 aliphatic rings. The van der Waals surface area contributed by atoms with Gasteiger partial charge in [-0.1, -0.05) is 23.7 Å². The van der Waals surface area contributed by atoms with E-state index < -0.39 is 16.7 Å². The molecule has 10 nitrogen and oxygen atoms in total. The second kappa shape index (κ2) is 11.9. The van der Waals surface area contributed by atoms with Gasteiger partial charge >= 0.3 is 0 Å². The summed E-state index contributed by atoms with van der Waals surface area (Å²) < 4.78 is 5.39. The minimum atomic E-state index is -0.589. The normalized spacial score (nSPS) is 12.5. The van der Waals surface area contributed by atoms with Gasteiger partial charge in [0.1, 0.15) is 11.4 Å². The number of nitro benzene ring substituents is 1. The van der Waals surface area contributed by atoms with Crippen LogP contribution in [0.1, 0.15) is 33.6 Å². The number of anilines is 3. The van der Waals surface area contributed by atoms with Gasteiger partial charge in [-0.3, -0.25) is 25.0 Å². The number of rotatable bonds is 7. The maximum Gasteiger partial charge on any atom is 0.293 e. The predicted octanol–water partition coefficient (Wildman–Crippen LogP) is 5.24. The molecule has 3 aromatic rings. The van der Waals surface area contributed by atoms with Gasteiger partial charge in [-0.15, -0.1) is 0 Å². The number of halogens is 1. The van der Waals surface area contributed by atoms with Gasteiger partial charge in [-0.25, -0.2) is 0 Å². The highest BCUT2D eigenvalue weighted by molar-refractivity contribution is 7.80. The number of nitrogens with one attached hydrogen (secondary N) is 3. The van der Waals surface area contributed by atoms with Crippen LogP contribution >= 0.6 is 23.8 Å². The van der Waals surface area contributed by atoms with E-state index in [-0.39, 0.29) is 16.4 Å². The van der Waals surface area contributed by atoms with Crippen LogP contribution in [-0.4, -0.2) is 42.0 Å². The zero-order valence-electron chi connectivity index (χ0n) is 20.3. The Morgan fingerprint density at radius 1 is 1.03 bits per heavy atom. The number of ether oxygens (including phenoxy) is 1. The minimum absolute atomic E-state index is 0.0174. The molecular formula is C26H24ClN5O5S. The number of hydrogen-bond donors (Lipinski definition) is 3. The second-order valence-corrected chi connectivity index (χ2v) is 9.23. The van der Waals surface area contributed by atoms with Crippen LogP contribution in [0.5, 0.6) is 5.75 Å². The summed E-state index contributed by atoms with van der Waals surface area (Å²) in [6, 6.07) is 15.9. The molecule has 0 spiro atoms. The minimum Gasteiger partial charge on any atom is -0.494 e. The first-order chi connectivity index (χ1) is 18.3. The number of carbonyl (C=O) groups excluding carboxylic acids is 2. The fourth-order valence-electron chi connectivity index (χ4n) is 4.08. The summed E-state index contributed by atoms with van der Waals surface area (Å²) in [4.78, 5) is 38.5. The third-order valence-corrected chi connectivity index (χ3v) is 6.47. The standard InChI is InChI=1S/C26H24ClN5O5S/c1-37-23-15-17(9-10-20(23)29-25(34)18-6-2-3-7-19(18)27)28-26(38)30-24(33)16-8-11-21(22(14-16)32(35)36)31-12-4-5-13-31/h2-3,6-11,14-15H,4-5,12-13H2,1H3,(H,29,34)(H2,28,30,33,38). The van der Waals surface area contributed by atoms with Crippen molar-refractivity contribution in [2.45, 2.75) is 12.8 Å². The molecular weight excluding hydrogens is 530 g/mol. The molecule has 0 atom stereocenters. The monoisotopic (exact) mass is 553 g/mol. The zero-order chi connectivity index (χ0) is 27.2. The van der Waals surface area contributed by atoms with Crippen LogP contribution in [0.2, 0.25) is 5.02 Å². The van der Waals surface area contributed by atoms with Crippen LogP contribution in [0.4, 0.5) is 22.7 Å². The molecule has 0 aromatic heterocycles. The first kappa shape index (κ1) is 26.8. The molecule has 1 saturated heterocycles. The average Bonchev–Trinajstić information content (AvgIpc) is 3.44. The number of nitrogens with zero attached hydrogens (tertiary/aromatic N) is 2. The lowest BCUT2D eigenvalue weighted by molar-refractivity contribution is -0.384. The van der Waals surface area contributed by atoms with Crippen LogP contribution < -0.4 is 25.6 Å². The number of amides is 2. The van der Waals surface area contributed by atoms with Crippen molar-refractivity contribution in [1.29, 1.82) is 0 Å². The van der Waals surface area contributed by atoms with Gasteiger partial charge in [-0.05, 0) is 61.5 Å². The van der Waals surface area contributed by atoms with E-state index in [9.17, 15) is 19.7 Å². The molecule has 1 heterocycles. The SMILES string of the molecule is COc1cc(NC(=S)NC(=O)c2ccc(N3CCCC3)c([N+](=O)[O-])c2)ccc1NC(=O)c1ccccc1Cl. The smallest absolute Gasteiger partial charge is 0.293 e. The Balaban J connectivity index is 1.42. The number of hydrogen-bond acceptors (Lipinski definition) is 7. The molecule has 12 heteroatoms. The predicted molar refractivity (Wildman–Crippen MR) is 151 cm³/mol. The zero-order valence-corrected chi connectivity index (χ0v) is 21.9. The molecule has 0 unspecified atom stereocenters. The summed E-state index contributed by atoms with van der Waals surface area (Å²) in [5.41, 5.74) is 1.69. The molecule has 1 fully saturated rings. The number of thiocarbonyl (C=S) groups is 1. The van der Waals surface area contributed by atoms with Gasteiger partial charge in [0.05, 0.1) is 28.3 Å². The van der Waals surface area contributed by atoms with E-state index >= 15 is 0 Å². The van der Waals surface area contributed by atoms with E-state index in [4.69, 9.17) is 28.6 Å². The number of benzene rings is 3. The Hall–Kier alpha value is -4.22. The average molecular weight is 554 g/mol. The van der Waals surface area contributed by atoms with Crippen LogP contribution in [0.3, 0.4) is 0 Å². The molecule has 2 amide bonds. The quantitative estimate of drug-likeness (QED) is 0.206. The molecule has 0 bridgehead atoms. The van der Waals surface area contributed by atoms with Gasteiger partial charge in [0, 0.05) is 36.5 Å². The molecule has 3 aromatic carbocycles. The Bertz CT molecular complexity index is 1410. The van der Waals surface area contributed by atoms with Crippen molar-refractivity contribution in [3.63, 3.8) is 0 Å². The molecule has 1 aliphatic heterocycles. The van der Waals surface area contributed by atoms with Gasteiger partial charge < -0.3 is 20.3 Å². The third-order valence-electron chi connectivity index (χ3n) is 5.93. The van der Waals surface area contributed by atoms with Gasteiger partial charge in [-0.2, -0.15) is 0 Å². The molecule has 196 valence electrons. The number of methoxy groups -OCH3 is 1. The molecule has 3 N–H and O–H groups in total. The van der Waals surface area contributed by atoms with E-state index in [1.54, 1.807) is 48.5 Å². The summed E-state index contributed by atoms with van der Waals surface area (Å²) in [5.74, 6) is -0.644. The van der Waals surface area contributed by atoms with Crippen molar-refractivity contribution in [2.75, 3.05) is 35.7 Å². The summed E-state index contributed by atoms with van der Waals surface area (Å²) in [7, 11) is 1.45. The maximum absolute atomic E-state index is 12.8. The highest BCUT2D eigenvalue weighted by Crippen LogP contribution is 2.32. The van der Waals surface area contributed by atoms with Gasteiger partial charge in [0.15, 0.2) is 5.11 Å². The number of nitro groups is 1. The van der Waals surface area contributed by atoms with E-state index in [0.29, 0.717) is 33.4 Å². The molecule has 0 aliphatic carbocycles. The van der Waals surface area contributed by atoms with Crippen molar-refractivity contribution < 1.29 is 19.2 Å². The fourth-order valence-corrected chi connectivity index (χ4v) is 4.51. The van der Waals surface area contributed by atoms with Crippen molar-refractivity contribution in [2.24, 2.45) is 0 Å². The number of carbonyl (C=O) groups is 2. The van der Waals surface area contributed by atoms with Crippen LogP contribution in [0.15, 0.2) is 60.7 Å². The molecule has 0 saturated carbocycles. The van der Waals surface area contributed by atoms with Crippen LogP contribution in [-0.2, 0) is 0 Å². The molecule has 4 rings (SSSR count). The Morgan fingerprint density at radius 2 is 1.76 bits per heavy atom. The summed E-state index contributed by atoms with van der Waals surface area (Å²) in [5, 5.41) is 20.1. The van der Waals surface area contributed by atoms with Crippen molar-refractivity contribution in [1.82, 2.24) is 5.32 Å². The first-order valence-electron chi connectivity index (χ1n) is 11.7. The lowest BCUT2D eigenvalue weighted by Crippen LogP contribution is -2.34. The van der Waals surface area contributed by atoms with Crippen LogP contribution in [0.25, 0.3) is 0 Å². The van der Waals surface area contributed by atoms with E-state index in [2.05, 4.69) is 16.0 Å². The molecule has 38 heavy (non-hydrogen) atoms. The van der Waals surface area contributed by atoms with Gasteiger partial charge in [0.25, 0.3) is 17.5 Å². The van der Waals surface area contributed by atoms with Gasteiger partial charge in [0.2, 0.25) is 0 Å². The topological polar surface area (TPSA) is 126 Å².